The molecule has 0 amide bonds. The quantitative estimate of drug-likeness (QED) is 0.621. The van der Waals surface area contributed by atoms with E-state index < -0.39 is 0 Å². The summed E-state index contributed by atoms with van der Waals surface area (Å²) in [5.41, 5.74) is 0. The van der Waals surface area contributed by atoms with E-state index in [0.29, 0.717) is 6.04 Å². The SMILES string of the molecule is CCCCCCC1CNCC[N]1. The van der Waals surface area contributed by atoms with Crippen molar-refractivity contribution in [2.24, 2.45) is 0 Å². The van der Waals surface area contributed by atoms with E-state index in [4.69, 9.17) is 0 Å². The summed E-state index contributed by atoms with van der Waals surface area (Å²) in [5, 5.41) is 7.95. The average molecular weight is 169 g/mol. The molecule has 0 aromatic carbocycles. The molecular weight excluding hydrogens is 148 g/mol. The molecule has 71 valence electrons. The molecule has 1 N–H and O–H groups in total. The van der Waals surface area contributed by atoms with E-state index in [-0.39, 0.29) is 0 Å². The largest absolute Gasteiger partial charge is 0.314 e. The fourth-order valence-electron chi connectivity index (χ4n) is 1.66. The zero-order valence-corrected chi connectivity index (χ0v) is 8.18. The van der Waals surface area contributed by atoms with Gasteiger partial charge < -0.3 is 5.32 Å². The van der Waals surface area contributed by atoms with Gasteiger partial charge in [-0.15, -0.1) is 0 Å². The van der Waals surface area contributed by atoms with Crippen LogP contribution in [-0.2, 0) is 0 Å². The van der Waals surface area contributed by atoms with E-state index in [1.165, 1.54) is 32.1 Å². The Morgan fingerprint density at radius 1 is 1.33 bits per heavy atom. The van der Waals surface area contributed by atoms with Gasteiger partial charge in [0.2, 0.25) is 0 Å². The number of piperazine rings is 1. The molecule has 0 aromatic rings. The second-order valence-corrected chi connectivity index (χ2v) is 3.61. The molecule has 1 aliphatic rings. The summed E-state index contributed by atoms with van der Waals surface area (Å²) in [7, 11) is 0. The molecule has 1 saturated heterocycles. The summed E-state index contributed by atoms with van der Waals surface area (Å²) >= 11 is 0. The molecule has 0 bridgehead atoms. The lowest BCUT2D eigenvalue weighted by Gasteiger charge is -2.22. The van der Waals surface area contributed by atoms with Crippen molar-refractivity contribution in [3.63, 3.8) is 0 Å². The molecule has 0 aromatic heterocycles. The summed E-state index contributed by atoms with van der Waals surface area (Å²) in [6.07, 6.45) is 6.78. The lowest BCUT2D eigenvalue weighted by atomic mass is 10.1. The highest BCUT2D eigenvalue weighted by atomic mass is 15.0. The third-order valence-electron chi connectivity index (χ3n) is 2.45. The lowest BCUT2D eigenvalue weighted by Crippen LogP contribution is -2.43. The van der Waals surface area contributed by atoms with Crippen molar-refractivity contribution in [2.45, 2.75) is 45.1 Å². The Hall–Kier alpha value is -0.0800. The number of rotatable bonds is 5. The molecule has 12 heavy (non-hydrogen) atoms. The fraction of sp³-hybridized carbons (Fsp3) is 1.00. The number of nitrogens with zero attached hydrogens (tertiary/aromatic N) is 1. The molecule has 1 heterocycles. The van der Waals surface area contributed by atoms with E-state index in [1.54, 1.807) is 0 Å². The average Bonchev–Trinajstić information content (AvgIpc) is 2.14. The Bertz CT molecular complexity index is 98.0. The highest BCUT2D eigenvalue weighted by molar-refractivity contribution is 4.74. The van der Waals surface area contributed by atoms with Crippen molar-refractivity contribution in [2.75, 3.05) is 19.6 Å². The van der Waals surface area contributed by atoms with Gasteiger partial charge in [0.05, 0.1) is 0 Å². The maximum absolute atomic E-state index is 4.56. The van der Waals surface area contributed by atoms with E-state index in [2.05, 4.69) is 17.6 Å². The van der Waals surface area contributed by atoms with E-state index in [0.717, 1.165) is 19.6 Å². The van der Waals surface area contributed by atoms with Gasteiger partial charge in [0, 0.05) is 25.7 Å². The lowest BCUT2D eigenvalue weighted by molar-refractivity contribution is 0.380. The predicted molar refractivity (Wildman–Crippen MR) is 52.4 cm³/mol. The summed E-state index contributed by atoms with van der Waals surface area (Å²) < 4.78 is 0. The van der Waals surface area contributed by atoms with Crippen LogP contribution in [0.15, 0.2) is 0 Å². The summed E-state index contributed by atoms with van der Waals surface area (Å²) in [6.45, 7) is 5.49. The van der Waals surface area contributed by atoms with Crippen molar-refractivity contribution >= 4 is 0 Å². The first kappa shape index (κ1) is 10.0. The van der Waals surface area contributed by atoms with Gasteiger partial charge in [0.1, 0.15) is 0 Å². The van der Waals surface area contributed by atoms with Crippen molar-refractivity contribution in [3.05, 3.63) is 0 Å². The molecule has 2 heteroatoms. The monoisotopic (exact) mass is 169 g/mol. The second kappa shape index (κ2) is 6.44. The first-order valence-corrected chi connectivity index (χ1v) is 5.31. The molecule has 1 radical (unpaired) electrons. The van der Waals surface area contributed by atoms with Gasteiger partial charge in [-0.1, -0.05) is 32.6 Å². The summed E-state index contributed by atoms with van der Waals surface area (Å²) in [5.74, 6) is 0. The van der Waals surface area contributed by atoms with Crippen LogP contribution in [-0.4, -0.2) is 25.7 Å². The van der Waals surface area contributed by atoms with Crippen LogP contribution in [0.25, 0.3) is 0 Å². The van der Waals surface area contributed by atoms with Crippen LogP contribution in [0.5, 0.6) is 0 Å². The van der Waals surface area contributed by atoms with Gasteiger partial charge in [-0.2, -0.15) is 0 Å². The van der Waals surface area contributed by atoms with Gasteiger partial charge in [0.25, 0.3) is 0 Å². The fourth-order valence-corrected chi connectivity index (χ4v) is 1.66. The molecule has 1 aliphatic heterocycles. The van der Waals surface area contributed by atoms with Crippen LogP contribution >= 0.6 is 0 Å². The highest BCUT2D eigenvalue weighted by Gasteiger charge is 2.11. The first-order valence-electron chi connectivity index (χ1n) is 5.31. The molecule has 2 nitrogen and oxygen atoms in total. The maximum Gasteiger partial charge on any atom is 0.0371 e. The highest BCUT2D eigenvalue weighted by Crippen LogP contribution is 2.06. The Morgan fingerprint density at radius 2 is 2.25 bits per heavy atom. The van der Waals surface area contributed by atoms with Crippen molar-refractivity contribution in [1.29, 1.82) is 0 Å². The Balaban J connectivity index is 1.91. The number of nitrogens with one attached hydrogen (secondary N) is 1. The summed E-state index contributed by atoms with van der Waals surface area (Å²) in [4.78, 5) is 0. The van der Waals surface area contributed by atoms with Gasteiger partial charge in [-0.25, -0.2) is 5.32 Å². The number of hydrogen-bond acceptors (Lipinski definition) is 1. The van der Waals surface area contributed by atoms with Crippen molar-refractivity contribution in [3.8, 4) is 0 Å². The van der Waals surface area contributed by atoms with Crippen LogP contribution < -0.4 is 10.6 Å². The second-order valence-electron chi connectivity index (χ2n) is 3.61. The number of unbranched alkanes of at least 4 members (excludes halogenated alkanes) is 3. The van der Waals surface area contributed by atoms with Crippen LogP contribution in [0.3, 0.4) is 0 Å². The molecule has 1 unspecified atom stereocenters. The molecule has 0 aliphatic carbocycles. The minimum Gasteiger partial charge on any atom is -0.314 e. The zero-order valence-electron chi connectivity index (χ0n) is 8.18. The van der Waals surface area contributed by atoms with Crippen molar-refractivity contribution in [1.82, 2.24) is 10.6 Å². The van der Waals surface area contributed by atoms with Crippen LogP contribution in [0.4, 0.5) is 0 Å². The van der Waals surface area contributed by atoms with Gasteiger partial charge in [-0.05, 0) is 6.42 Å². The molecule has 0 saturated carbocycles. The minimum absolute atomic E-state index is 0.621. The molecule has 0 spiro atoms. The molecule has 1 fully saturated rings. The van der Waals surface area contributed by atoms with Crippen molar-refractivity contribution < 1.29 is 0 Å². The molecule has 1 atom stereocenters. The summed E-state index contributed by atoms with van der Waals surface area (Å²) in [6, 6.07) is 0.621. The van der Waals surface area contributed by atoms with Gasteiger partial charge in [0.15, 0.2) is 0 Å². The minimum atomic E-state index is 0.621. The van der Waals surface area contributed by atoms with E-state index in [1.807, 2.05) is 0 Å². The molecular formula is C10H21N2. The van der Waals surface area contributed by atoms with Crippen LogP contribution in [0.2, 0.25) is 0 Å². The van der Waals surface area contributed by atoms with Crippen LogP contribution in [0.1, 0.15) is 39.0 Å². The Morgan fingerprint density at radius 3 is 2.92 bits per heavy atom. The third kappa shape index (κ3) is 4.07. The zero-order chi connectivity index (χ0) is 8.65. The normalized spacial score (nSPS) is 24.2. The van der Waals surface area contributed by atoms with Gasteiger partial charge in [-0.3, -0.25) is 0 Å². The van der Waals surface area contributed by atoms with Gasteiger partial charge >= 0.3 is 0 Å². The maximum atomic E-state index is 4.56. The number of hydrogen-bond donors (Lipinski definition) is 1. The third-order valence-corrected chi connectivity index (χ3v) is 2.45. The van der Waals surface area contributed by atoms with E-state index in [9.17, 15) is 0 Å². The van der Waals surface area contributed by atoms with E-state index >= 15 is 0 Å². The predicted octanol–water partition coefficient (Wildman–Crippen LogP) is 1.53. The topological polar surface area (TPSA) is 26.1 Å². The Kier molecular flexibility index (Phi) is 5.37. The standard InChI is InChI=1S/C10H21N2/c1-2-3-4-5-6-10-9-11-7-8-12-10/h10-11H,2-9H2,1H3. The van der Waals surface area contributed by atoms with Crippen LogP contribution in [0, 0.1) is 0 Å². The smallest absolute Gasteiger partial charge is 0.0371 e. The first-order chi connectivity index (χ1) is 5.93. The molecule has 1 rings (SSSR count). The Labute approximate surface area is 76.1 Å².